The van der Waals surface area contributed by atoms with Gasteiger partial charge in [-0.3, -0.25) is 0 Å². The quantitative estimate of drug-likeness (QED) is 0.692. The normalized spacial score (nSPS) is 11.9. The van der Waals surface area contributed by atoms with Crippen LogP contribution in [-0.2, 0) is 9.84 Å². The summed E-state index contributed by atoms with van der Waals surface area (Å²) in [6, 6.07) is 6.56. The van der Waals surface area contributed by atoms with Crippen molar-refractivity contribution >= 4 is 23.1 Å². The van der Waals surface area contributed by atoms with E-state index in [2.05, 4.69) is 0 Å². The third-order valence-electron chi connectivity index (χ3n) is 1.81. The molecule has 14 heavy (non-hydrogen) atoms. The maximum Gasteiger partial charge on any atom is 0.178 e. The molecule has 0 amide bonds. The first kappa shape index (κ1) is 11.3. The second-order valence-corrected chi connectivity index (χ2v) is 5.72. The molecule has 0 fully saturated rings. The van der Waals surface area contributed by atoms with Crippen LogP contribution in [0.1, 0.15) is 13.8 Å². The van der Waals surface area contributed by atoms with Crippen LogP contribution in [0.4, 0.5) is 0 Å². The predicted octanol–water partition coefficient (Wildman–Crippen LogP) is 0.910. The van der Waals surface area contributed by atoms with Crippen molar-refractivity contribution in [2.75, 3.05) is 5.75 Å². The Morgan fingerprint density at radius 3 is 2.36 bits per heavy atom. The zero-order valence-corrected chi connectivity index (χ0v) is 9.21. The first-order chi connectivity index (χ1) is 6.43. The fourth-order valence-electron chi connectivity index (χ4n) is 1.29. The van der Waals surface area contributed by atoms with Crippen molar-refractivity contribution in [2.45, 2.75) is 18.7 Å². The average Bonchev–Trinajstić information content (AvgIpc) is 2.02. The lowest BCUT2D eigenvalue weighted by molar-refractivity contribution is 0.583. The smallest absolute Gasteiger partial charge is 0.178 e. The van der Waals surface area contributed by atoms with Crippen LogP contribution in [0.15, 0.2) is 29.2 Å². The summed E-state index contributed by atoms with van der Waals surface area (Å²) in [5.41, 5.74) is 0.327. The maximum absolute atomic E-state index is 11.8. The lowest BCUT2D eigenvalue weighted by Gasteiger charge is -2.09. The Bertz CT molecular complexity index is 410. The minimum absolute atomic E-state index is 0.111. The summed E-state index contributed by atoms with van der Waals surface area (Å²) in [6.45, 7) is 3.74. The van der Waals surface area contributed by atoms with Crippen molar-refractivity contribution in [3.8, 4) is 0 Å². The second-order valence-electron chi connectivity index (χ2n) is 3.71. The van der Waals surface area contributed by atoms with Crippen LogP contribution in [0.3, 0.4) is 0 Å². The fourth-order valence-corrected chi connectivity index (χ4v) is 3.06. The van der Waals surface area contributed by atoms with Crippen molar-refractivity contribution in [1.29, 1.82) is 0 Å². The molecule has 0 heterocycles. The summed E-state index contributed by atoms with van der Waals surface area (Å²) in [6.07, 6.45) is 0. The van der Waals surface area contributed by atoms with Crippen LogP contribution >= 0.6 is 0 Å². The summed E-state index contributed by atoms with van der Waals surface area (Å²) >= 11 is 0. The van der Waals surface area contributed by atoms with Gasteiger partial charge in [0.1, 0.15) is 7.85 Å². The van der Waals surface area contributed by atoms with Gasteiger partial charge in [-0.1, -0.05) is 37.5 Å². The van der Waals surface area contributed by atoms with Crippen molar-refractivity contribution in [2.24, 2.45) is 5.92 Å². The van der Waals surface area contributed by atoms with E-state index in [-0.39, 0.29) is 16.6 Å². The number of rotatable bonds is 3. The van der Waals surface area contributed by atoms with Crippen molar-refractivity contribution in [3.63, 3.8) is 0 Å². The summed E-state index contributed by atoms with van der Waals surface area (Å²) in [5, 5.41) is 0. The SMILES string of the molecule is [B]c1ccccc1S(=O)(=O)CC(C)C. The zero-order valence-electron chi connectivity index (χ0n) is 8.40. The Morgan fingerprint density at radius 2 is 1.86 bits per heavy atom. The van der Waals surface area contributed by atoms with E-state index in [9.17, 15) is 8.42 Å². The molecule has 0 saturated carbocycles. The zero-order chi connectivity index (χ0) is 10.8. The highest BCUT2D eigenvalue weighted by molar-refractivity contribution is 7.91. The molecule has 4 heteroatoms. The van der Waals surface area contributed by atoms with Crippen LogP contribution in [-0.4, -0.2) is 22.0 Å². The molecule has 0 aliphatic rings. The molecule has 2 nitrogen and oxygen atoms in total. The highest BCUT2D eigenvalue weighted by Gasteiger charge is 2.17. The molecule has 0 N–H and O–H groups in total. The highest BCUT2D eigenvalue weighted by atomic mass is 32.2. The molecule has 1 aromatic carbocycles. The molecular formula is C10H13BO2S. The fraction of sp³-hybridized carbons (Fsp3) is 0.400. The molecule has 1 aromatic rings. The first-order valence-corrected chi connectivity index (χ1v) is 6.16. The number of benzene rings is 1. The number of hydrogen-bond acceptors (Lipinski definition) is 2. The molecule has 0 aromatic heterocycles. The summed E-state index contributed by atoms with van der Waals surface area (Å²) in [4.78, 5) is 0.244. The minimum Gasteiger partial charge on any atom is -0.224 e. The van der Waals surface area contributed by atoms with Crippen LogP contribution < -0.4 is 5.46 Å². The topological polar surface area (TPSA) is 34.1 Å². The van der Waals surface area contributed by atoms with E-state index < -0.39 is 9.84 Å². The predicted molar refractivity (Wildman–Crippen MR) is 58.7 cm³/mol. The molecule has 2 radical (unpaired) electrons. The Balaban J connectivity index is 3.11. The third kappa shape index (κ3) is 2.61. The van der Waals surface area contributed by atoms with Gasteiger partial charge in [-0.05, 0) is 12.0 Å². The molecule has 0 aliphatic carbocycles. The molecule has 0 saturated heterocycles. The Kier molecular flexibility index (Phi) is 3.37. The second kappa shape index (κ2) is 4.17. The molecule has 0 spiro atoms. The van der Waals surface area contributed by atoms with Gasteiger partial charge in [-0.15, -0.1) is 0 Å². The van der Waals surface area contributed by atoms with E-state index in [1.807, 2.05) is 13.8 Å². The van der Waals surface area contributed by atoms with E-state index in [1.165, 1.54) is 0 Å². The van der Waals surface area contributed by atoms with Crippen LogP contribution in [0.25, 0.3) is 0 Å². The van der Waals surface area contributed by atoms with Crippen molar-refractivity contribution in [1.82, 2.24) is 0 Å². The monoisotopic (exact) mass is 208 g/mol. The molecule has 1 rings (SSSR count). The van der Waals surface area contributed by atoms with E-state index in [1.54, 1.807) is 24.3 Å². The van der Waals surface area contributed by atoms with Crippen molar-refractivity contribution < 1.29 is 8.42 Å². The highest BCUT2D eigenvalue weighted by Crippen LogP contribution is 2.11. The summed E-state index contributed by atoms with van der Waals surface area (Å²) in [7, 11) is 2.39. The van der Waals surface area contributed by atoms with Gasteiger partial charge in [0.2, 0.25) is 0 Å². The minimum atomic E-state index is -3.22. The van der Waals surface area contributed by atoms with Crippen LogP contribution in [0.5, 0.6) is 0 Å². The van der Waals surface area contributed by atoms with E-state index >= 15 is 0 Å². The van der Waals surface area contributed by atoms with Gasteiger partial charge >= 0.3 is 0 Å². The van der Waals surface area contributed by atoms with E-state index in [0.29, 0.717) is 5.46 Å². The van der Waals surface area contributed by atoms with E-state index in [0.717, 1.165) is 0 Å². The Morgan fingerprint density at radius 1 is 1.29 bits per heavy atom. The van der Waals surface area contributed by atoms with E-state index in [4.69, 9.17) is 7.85 Å². The van der Waals surface area contributed by atoms with Gasteiger partial charge in [0, 0.05) is 0 Å². The third-order valence-corrected chi connectivity index (χ3v) is 3.95. The average molecular weight is 208 g/mol. The molecular weight excluding hydrogens is 195 g/mol. The molecule has 74 valence electrons. The lowest BCUT2D eigenvalue weighted by Crippen LogP contribution is -2.20. The van der Waals surface area contributed by atoms with Gasteiger partial charge in [-0.25, -0.2) is 8.42 Å². The van der Waals surface area contributed by atoms with Crippen LogP contribution in [0, 0.1) is 5.92 Å². The molecule has 0 unspecified atom stereocenters. The Labute approximate surface area is 86.7 Å². The van der Waals surface area contributed by atoms with Gasteiger partial charge in [0.05, 0.1) is 10.6 Å². The van der Waals surface area contributed by atoms with Gasteiger partial charge in [-0.2, -0.15) is 0 Å². The molecule has 0 aliphatic heterocycles. The van der Waals surface area contributed by atoms with Gasteiger partial charge < -0.3 is 0 Å². The number of hydrogen-bond donors (Lipinski definition) is 0. The summed E-state index contributed by atoms with van der Waals surface area (Å²) in [5.74, 6) is 0.251. The lowest BCUT2D eigenvalue weighted by atomic mass is 9.97. The number of sulfone groups is 1. The molecule has 0 atom stereocenters. The van der Waals surface area contributed by atoms with Gasteiger partial charge in [0.25, 0.3) is 0 Å². The standard InChI is InChI=1S/C10H13BO2S/c1-8(2)7-14(12,13)10-6-4-3-5-9(10)11/h3-6,8H,7H2,1-2H3. The molecule has 0 bridgehead atoms. The van der Waals surface area contributed by atoms with Gasteiger partial charge in [0.15, 0.2) is 9.84 Å². The van der Waals surface area contributed by atoms with Crippen molar-refractivity contribution in [3.05, 3.63) is 24.3 Å². The summed E-state index contributed by atoms with van der Waals surface area (Å²) < 4.78 is 23.6. The Hall–Kier alpha value is -0.765. The van der Waals surface area contributed by atoms with Crippen LogP contribution in [0.2, 0.25) is 0 Å². The first-order valence-electron chi connectivity index (χ1n) is 4.51. The maximum atomic E-state index is 11.8. The largest absolute Gasteiger partial charge is 0.224 e.